The van der Waals surface area contributed by atoms with Crippen LogP contribution in [0.2, 0.25) is 0 Å². The number of pyridine rings is 1. The summed E-state index contributed by atoms with van der Waals surface area (Å²) in [5, 5.41) is 7.79. The van der Waals surface area contributed by atoms with E-state index < -0.39 is 0 Å². The number of carbonyl (C=O) groups is 2. The van der Waals surface area contributed by atoms with Gasteiger partial charge in [0.05, 0.1) is 17.8 Å². The highest BCUT2D eigenvalue weighted by Crippen LogP contribution is 2.22. The lowest BCUT2D eigenvalue weighted by atomic mass is 10.1. The van der Waals surface area contributed by atoms with Crippen LogP contribution in [-0.2, 0) is 6.54 Å². The predicted octanol–water partition coefficient (Wildman–Crippen LogP) is 3.94. The third-order valence-corrected chi connectivity index (χ3v) is 5.10. The minimum Gasteiger partial charge on any atom is -0.347 e. The minimum atomic E-state index is -0.273. The second-order valence-electron chi connectivity index (χ2n) is 5.90. The summed E-state index contributed by atoms with van der Waals surface area (Å²) in [7, 11) is 0. The summed E-state index contributed by atoms with van der Waals surface area (Å²) in [6.45, 7) is 4.35. The second kappa shape index (κ2) is 7.93. The molecule has 0 aliphatic carbocycles. The number of amides is 2. The molecule has 132 valence electrons. The molecule has 6 heteroatoms. The maximum atomic E-state index is 12.7. The lowest BCUT2D eigenvalue weighted by molar-refractivity contribution is 0.0952. The van der Waals surface area contributed by atoms with Crippen LogP contribution in [-0.4, -0.2) is 16.8 Å². The number of rotatable bonds is 5. The van der Waals surface area contributed by atoms with E-state index in [9.17, 15) is 9.59 Å². The van der Waals surface area contributed by atoms with Gasteiger partial charge in [0.15, 0.2) is 0 Å². The lowest BCUT2D eigenvalue weighted by Crippen LogP contribution is -2.25. The molecule has 0 radical (unpaired) electrons. The summed E-state index contributed by atoms with van der Waals surface area (Å²) in [6, 6.07) is 10.7. The standard InChI is InChI=1S/C20H19N3O2S/c1-13-8-11-26-17(13)12-22-20(25)16-5-3-4-14(2)18(16)23-19(24)15-6-9-21-10-7-15/h3-11H,12H2,1-2H3,(H,22,25)(H,23,24). The first-order valence-corrected chi connectivity index (χ1v) is 9.06. The van der Waals surface area contributed by atoms with Crippen LogP contribution >= 0.6 is 11.3 Å². The van der Waals surface area contributed by atoms with Gasteiger partial charge in [-0.05, 0) is 54.6 Å². The fraction of sp³-hybridized carbons (Fsp3) is 0.150. The second-order valence-corrected chi connectivity index (χ2v) is 6.90. The van der Waals surface area contributed by atoms with Gasteiger partial charge in [0.2, 0.25) is 0 Å². The van der Waals surface area contributed by atoms with Crippen molar-refractivity contribution in [3.63, 3.8) is 0 Å². The number of aryl methyl sites for hydroxylation is 2. The van der Waals surface area contributed by atoms with Gasteiger partial charge in [-0.2, -0.15) is 0 Å². The number of nitrogens with zero attached hydrogens (tertiary/aromatic N) is 1. The highest BCUT2D eigenvalue weighted by atomic mass is 32.1. The van der Waals surface area contributed by atoms with Crippen LogP contribution in [0.4, 0.5) is 5.69 Å². The Hall–Kier alpha value is -2.99. The number of hydrogen-bond donors (Lipinski definition) is 2. The summed E-state index contributed by atoms with van der Waals surface area (Å²) in [5.74, 6) is -0.489. The summed E-state index contributed by atoms with van der Waals surface area (Å²) in [5.41, 5.74) is 3.44. The molecule has 5 nitrogen and oxygen atoms in total. The monoisotopic (exact) mass is 365 g/mol. The van der Waals surface area contributed by atoms with Gasteiger partial charge in [-0.3, -0.25) is 14.6 Å². The van der Waals surface area contributed by atoms with E-state index in [-0.39, 0.29) is 11.8 Å². The van der Waals surface area contributed by atoms with Crippen LogP contribution in [0.5, 0.6) is 0 Å². The first-order chi connectivity index (χ1) is 12.6. The lowest BCUT2D eigenvalue weighted by Gasteiger charge is -2.14. The van der Waals surface area contributed by atoms with E-state index in [1.54, 1.807) is 41.9 Å². The van der Waals surface area contributed by atoms with Crippen molar-refractivity contribution >= 4 is 28.8 Å². The number of hydrogen-bond acceptors (Lipinski definition) is 4. The molecule has 2 amide bonds. The van der Waals surface area contributed by atoms with Crippen LogP contribution in [0.15, 0.2) is 54.2 Å². The molecule has 1 aromatic carbocycles. The van der Waals surface area contributed by atoms with Gasteiger partial charge >= 0.3 is 0 Å². The first kappa shape index (κ1) is 17.8. The average Bonchev–Trinajstić information content (AvgIpc) is 3.07. The van der Waals surface area contributed by atoms with Crippen molar-refractivity contribution in [3.8, 4) is 0 Å². The van der Waals surface area contributed by atoms with Gasteiger partial charge in [0, 0.05) is 22.8 Å². The molecule has 0 spiro atoms. The van der Waals surface area contributed by atoms with E-state index in [0.717, 1.165) is 16.0 Å². The van der Waals surface area contributed by atoms with E-state index in [2.05, 4.69) is 15.6 Å². The van der Waals surface area contributed by atoms with Crippen LogP contribution in [0, 0.1) is 13.8 Å². The molecule has 3 rings (SSSR count). The summed E-state index contributed by atoms with van der Waals surface area (Å²) >= 11 is 1.61. The Morgan fingerprint density at radius 1 is 1.00 bits per heavy atom. The van der Waals surface area contributed by atoms with Gasteiger partial charge in [0.25, 0.3) is 11.8 Å². The number of benzene rings is 1. The van der Waals surface area contributed by atoms with Crippen molar-refractivity contribution < 1.29 is 9.59 Å². The number of aromatic nitrogens is 1. The summed E-state index contributed by atoms with van der Waals surface area (Å²) < 4.78 is 0. The molecule has 0 aliphatic heterocycles. The third-order valence-electron chi connectivity index (χ3n) is 4.08. The normalized spacial score (nSPS) is 10.4. The first-order valence-electron chi connectivity index (χ1n) is 8.18. The van der Waals surface area contributed by atoms with Crippen LogP contribution < -0.4 is 10.6 Å². The molecule has 2 heterocycles. The van der Waals surface area contributed by atoms with Gasteiger partial charge in [-0.15, -0.1) is 11.3 Å². The highest BCUT2D eigenvalue weighted by Gasteiger charge is 2.16. The van der Waals surface area contributed by atoms with E-state index in [0.29, 0.717) is 23.4 Å². The molecule has 0 saturated carbocycles. The summed E-state index contributed by atoms with van der Waals surface area (Å²) in [4.78, 5) is 30.2. The van der Waals surface area contributed by atoms with Crippen molar-refractivity contribution in [2.45, 2.75) is 20.4 Å². The van der Waals surface area contributed by atoms with Gasteiger partial charge < -0.3 is 10.6 Å². The van der Waals surface area contributed by atoms with Crippen molar-refractivity contribution in [1.82, 2.24) is 10.3 Å². The molecule has 0 unspecified atom stereocenters. The Labute approximate surface area is 156 Å². The maximum Gasteiger partial charge on any atom is 0.255 e. The van der Waals surface area contributed by atoms with Crippen molar-refractivity contribution in [3.05, 3.63) is 81.3 Å². The molecule has 2 N–H and O–H groups in total. The number of anilines is 1. The predicted molar refractivity (Wildman–Crippen MR) is 104 cm³/mol. The molecular weight excluding hydrogens is 346 g/mol. The van der Waals surface area contributed by atoms with Gasteiger partial charge in [-0.25, -0.2) is 0 Å². The molecule has 3 aromatic rings. The van der Waals surface area contributed by atoms with Crippen molar-refractivity contribution in [1.29, 1.82) is 0 Å². The number of thiophene rings is 1. The molecule has 0 fully saturated rings. The zero-order valence-electron chi connectivity index (χ0n) is 14.6. The molecule has 0 aliphatic rings. The smallest absolute Gasteiger partial charge is 0.255 e. The molecule has 0 atom stereocenters. The van der Waals surface area contributed by atoms with Gasteiger partial charge in [0.1, 0.15) is 0 Å². The molecule has 0 saturated heterocycles. The Bertz CT molecular complexity index is 935. The quantitative estimate of drug-likeness (QED) is 0.719. The van der Waals surface area contributed by atoms with Gasteiger partial charge in [-0.1, -0.05) is 12.1 Å². The van der Waals surface area contributed by atoms with Crippen LogP contribution in [0.3, 0.4) is 0 Å². The molecule has 2 aromatic heterocycles. The van der Waals surface area contributed by atoms with Crippen molar-refractivity contribution in [2.24, 2.45) is 0 Å². The fourth-order valence-electron chi connectivity index (χ4n) is 2.55. The summed E-state index contributed by atoms with van der Waals surface area (Å²) in [6.07, 6.45) is 3.12. The fourth-order valence-corrected chi connectivity index (χ4v) is 3.40. The number of nitrogens with one attached hydrogen (secondary N) is 2. The van der Waals surface area contributed by atoms with E-state index >= 15 is 0 Å². The Balaban J connectivity index is 1.79. The molecule has 0 bridgehead atoms. The highest BCUT2D eigenvalue weighted by molar-refractivity contribution is 7.10. The largest absolute Gasteiger partial charge is 0.347 e. The zero-order valence-corrected chi connectivity index (χ0v) is 15.4. The minimum absolute atomic E-state index is 0.216. The Morgan fingerprint density at radius 2 is 1.77 bits per heavy atom. The Morgan fingerprint density at radius 3 is 2.46 bits per heavy atom. The van der Waals surface area contributed by atoms with Crippen molar-refractivity contribution in [2.75, 3.05) is 5.32 Å². The number of carbonyl (C=O) groups excluding carboxylic acids is 2. The maximum absolute atomic E-state index is 12.7. The third kappa shape index (κ3) is 3.97. The van der Waals surface area contributed by atoms with Crippen LogP contribution in [0.1, 0.15) is 36.7 Å². The topological polar surface area (TPSA) is 71.1 Å². The number of para-hydroxylation sites is 1. The van der Waals surface area contributed by atoms with E-state index in [4.69, 9.17) is 0 Å². The van der Waals surface area contributed by atoms with E-state index in [1.807, 2.05) is 37.4 Å². The molecule has 26 heavy (non-hydrogen) atoms. The Kier molecular flexibility index (Phi) is 5.43. The van der Waals surface area contributed by atoms with Crippen LogP contribution in [0.25, 0.3) is 0 Å². The molecular formula is C20H19N3O2S. The van der Waals surface area contributed by atoms with E-state index in [1.165, 1.54) is 0 Å². The zero-order chi connectivity index (χ0) is 18.5. The SMILES string of the molecule is Cc1ccsc1CNC(=O)c1cccc(C)c1NC(=O)c1ccncc1. The average molecular weight is 365 g/mol.